The van der Waals surface area contributed by atoms with E-state index in [2.05, 4.69) is 25.4 Å². The lowest BCUT2D eigenvalue weighted by atomic mass is 10.1. The van der Waals surface area contributed by atoms with Gasteiger partial charge in [-0.05, 0) is 25.3 Å². The number of carbonyl (C=O) groups excluding carboxylic acids is 2. The quantitative estimate of drug-likeness (QED) is 0.774. The molecule has 1 heterocycles. The van der Waals surface area contributed by atoms with Crippen molar-refractivity contribution in [3.8, 4) is 0 Å². The van der Waals surface area contributed by atoms with Crippen LogP contribution in [0.3, 0.4) is 0 Å². The Labute approximate surface area is 150 Å². The number of thioether (sulfide) groups is 1. The van der Waals surface area contributed by atoms with Gasteiger partial charge in [0.1, 0.15) is 11.1 Å². The predicted molar refractivity (Wildman–Crippen MR) is 95.3 cm³/mol. The lowest BCUT2D eigenvalue weighted by Crippen LogP contribution is -2.39. The molecule has 3 rings (SSSR count). The molecule has 1 fully saturated rings. The van der Waals surface area contributed by atoms with E-state index in [0.29, 0.717) is 11.1 Å². The van der Waals surface area contributed by atoms with Crippen molar-refractivity contribution in [2.24, 2.45) is 0 Å². The van der Waals surface area contributed by atoms with Crippen molar-refractivity contribution in [1.82, 2.24) is 25.4 Å². The van der Waals surface area contributed by atoms with Crippen molar-refractivity contribution in [2.45, 2.75) is 42.6 Å². The number of aromatic nitrogens is 3. The first-order valence-corrected chi connectivity index (χ1v) is 9.19. The summed E-state index contributed by atoms with van der Waals surface area (Å²) in [4.78, 5) is 24.2. The predicted octanol–water partition coefficient (Wildman–Crippen LogP) is 2.46. The summed E-state index contributed by atoms with van der Waals surface area (Å²) in [5.74, 6) is 1.09. The average molecular weight is 359 g/mol. The highest BCUT2D eigenvalue weighted by molar-refractivity contribution is 8.00. The number of benzene rings is 1. The van der Waals surface area contributed by atoms with Crippen LogP contribution in [0, 0.1) is 0 Å². The van der Waals surface area contributed by atoms with E-state index in [1.165, 1.54) is 18.8 Å². The van der Waals surface area contributed by atoms with Crippen LogP contribution in [0.4, 0.5) is 4.79 Å². The Hall–Kier alpha value is -2.35. The zero-order valence-electron chi connectivity index (χ0n) is 14.2. The van der Waals surface area contributed by atoms with Gasteiger partial charge in [-0.2, -0.15) is 0 Å². The Morgan fingerprint density at radius 2 is 2.00 bits per heavy atom. The van der Waals surface area contributed by atoms with Gasteiger partial charge < -0.3 is 9.88 Å². The maximum absolute atomic E-state index is 12.6. The molecule has 132 valence electrons. The molecule has 0 bridgehead atoms. The van der Waals surface area contributed by atoms with E-state index in [1.807, 2.05) is 37.3 Å². The van der Waals surface area contributed by atoms with Gasteiger partial charge in [0.25, 0.3) is 0 Å². The second-order valence-electron chi connectivity index (χ2n) is 5.84. The molecular weight excluding hydrogens is 338 g/mol. The molecule has 0 saturated heterocycles. The second-order valence-corrected chi connectivity index (χ2v) is 6.91. The topological polar surface area (TPSA) is 88.9 Å². The maximum atomic E-state index is 12.6. The van der Waals surface area contributed by atoms with Crippen LogP contribution in [-0.4, -0.2) is 33.8 Å². The average Bonchev–Trinajstić information content (AvgIpc) is 3.40. The number of carbonyl (C=O) groups is 2. The standard InChI is InChI=1S/C17H21N5O2S/c1-3-22-14(12-9-10-12)20-21-17(22)25-13(11-7-5-4-6-8-11)15(23)19-16(24)18-2/h4-8,12-13H,3,9-10H2,1-2H3,(H2,18,19,23,24)/t13-/m1/s1. The van der Waals surface area contributed by atoms with Crippen LogP contribution in [0.2, 0.25) is 0 Å². The Balaban J connectivity index is 1.87. The molecule has 3 amide bonds. The summed E-state index contributed by atoms with van der Waals surface area (Å²) in [7, 11) is 1.48. The van der Waals surface area contributed by atoms with Crippen molar-refractivity contribution in [3.05, 3.63) is 41.7 Å². The Bertz CT molecular complexity index is 758. The Morgan fingerprint density at radius 3 is 2.60 bits per heavy atom. The lowest BCUT2D eigenvalue weighted by Gasteiger charge is -2.16. The lowest BCUT2D eigenvalue weighted by molar-refractivity contribution is -0.119. The normalized spacial score (nSPS) is 14.8. The van der Waals surface area contributed by atoms with E-state index in [4.69, 9.17) is 0 Å². The van der Waals surface area contributed by atoms with Crippen LogP contribution < -0.4 is 10.6 Å². The molecule has 1 aromatic heterocycles. The number of nitrogens with one attached hydrogen (secondary N) is 2. The molecular formula is C17H21N5O2S. The van der Waals surface area contributed by atoms with Crippen molar-refractivity contribution in [3.63, 3.8) is 0 Å². The minimum atomic E-state index is -0.583. The molecule has 8 heteroatoms. The van der Waals surface area contributed by atoms with E-state index in [9.17, 15) is 9.59 Å². The van der Waals surface area contributed by atoms with E-state index < -0.39 is 11.3 Å². The number of urea groups is 1. The van der Waals surface area contributed by atoms with Gasteiger partial charge in [0.05, 0.1) is 0 Å². The second kappa shape index (κ2) is 7.69. The molecule has 1 atom stereocenters. The fraction of sp³-hybridized carbons (Fsp3) is 0.412. The SMILES string of the molecule is CCn1c(S[C@@H](C(=O)NC(=O)NC)c2ccccc2)nnc1C1CC1. The van der Waals surface area contributed by atoms with Crippen LogP contribution >= 0.6 is 11.8 Å². The summed E-state index contributed by atoms with van der Waals surface area (Å²) >= 11 is 1.32. The summed E-state index contributed by atoms with van der Waals surface area (Å²) in [5.41, 5.74) is 0.813. The van der Waals surface area contributed by atoms with Crippen molar-refractivity contribution < 1.29 is 9.59 Å². The molecule has 7 nitrogen and oxygen atoms in total. The molecule has 0 aliphatic heterocycles. The summed E-state index contributed by atoms with van der Waals surface area (Å²) in [6.45, 7) is 2.79. The first-order valence-electron chi connectivity index (χ1n) is 8.31. The third-order valence-electron chi connectivity index (χ3n) is 4.03. The van der Waals surface area contributed by atoms with Gasteiger partial charge >= 0.3 is 6.03 Å². The monoisotopic (exact) mass is 359 g/mol. The smallest absolute Gasteiger partial charge is 0.321 e. The Morgan fingerprint density at radius 1 is 1.28 bits per heavy atom. The van der Waals surface area contributed by atoms with Gasteiger partial charge in [-0.15, -0.1) is 10.2 Å². The molecule has 1 aromatic carbocycles. The third kappa shape index (κ3) is 4.01. The van der Waals surface area contributed by atoms with Gasteiger partial charge in [0.2, 0.25) is 5.91 Å². The molecule has 1 aliphatic rings. The highest BCUT2D eigenvalue weighted by atomic mass is 32.2. The van der Waals surface area contributed by atoms with Gasteiger partial charge in [-0.25, -0.2) is 4.79 Å². The molecule has 25 heavy (non-hydrogen) atoms. The van der Waals surface area contributed by atoms with Gasteiger partial charge in [0, 0.05) is 19.5 Å². The molecule has 2 aromatic rings. The molecule has 2 N–H and O–H groups in total. The minimum absolute atomic E-state index is 0.380. The molecule has 0 spiro atoms. The third-order valence-corrected chi connectivity index (χ3v) is 5.27. The molecule has 1 saturated carbocycles. The Kier molecular flexibility index (Phi) is 5.37. The fourth-order valence-corrected chi connectivity index (χ4v) is 3.68. The number of hydrogen-bond donors (Lipinski definition) is 2. The zero-order chi connectivity index (χ0) is 17.8. The van der Waals surface area contributed by atoms with Gasteiger partial charge in [-0.1, -0.05) is 42.1 Å². The van der Waals surface area contributed by atoms with Crippen molar-refractivity contribution in [2.75, 3.05) is 7.05 Å². The zero-order valence-corrected chi connectivity index (χ0v) is 15.0. The molecule has 0 radical (unpaired) electrons. The minimum Gasteiger partial charge on any atom is -0.341 e. The van der Waals surface area contributed by atoms with Crippen molar-refractivity contribution in [1.29, 1.82) is 0 Å². The fourth-order valence-electron chi connectivity index (χ4n) is 2.57. The maximum Gasteiger partial charge on any atom is 0.321 e. The highest BCUT2D eigenvalue weighted by Gasteiger charge is 2.32. The van der Waals surface area contributed by atoms with E-state index >= 15 is 0 Å². The molecule has 0 unspecified atom stereocenters. The van der Waals surface area contributed by atoms with Gasteiger partial charge in [-0.3, -0.25) is 10.1 Å². The number of amides is 3. The van der Waals surface area contributed by atoms with E-state index in [1.54, 1.807) is 0 Å². The number of rotatable bonds is 6. The van der Waals surface area contributed by atoms with Crippen LogP contribution in [-0.2, 0) is 11.3 Å². The van der Waals surface area contributed by atoms with Crippen LogP contribution in [0.15, 0.2) is 35.5 Å². The summed E-state index contributed by atoms with van der Waals surface area (Å²) < 4.78 is 2.06. The summed E-state index contributed by atoms with van der Waals surface area (Å²) in [6.07, 6.45) is 2.28. The van der Waals surface area contributed by atoms with Crippen LogP contribution in [0.25, 0.3) is 0 Å². The van der Waals surface area contributed by atoms with Crippen LogP contribution in [0.1, 0.15) is 42.3 Å². The van der Waals surface area contributed by atoms with Gasteiger partial charge in [0.15, 0.2) is 5.16 Å². The first-order chi connectivity index (χ1) is 12.1. The largest absolute Gasteiger partial charge is 0.341 e. The number of hydrogen-bond acceptors (Lipinski definition) is 5. The first kappa shape index (κ1) is 17.5. The molecule has 1 aliphatic carbocycles. The van der Waals surface area contributed by atoms with Crippen molar-refractivity contribution >= 4 is 23.7 Å². The van der Waals surface area contributed by atoms with E-state index in [-0.39, 0.29) is 5.91 Å². The highest BCUT2D eigenvalue weighted by Crippen LogP contribution is 2.41. The summed E-state index contributed by atoms with van der Waals surface area (Å²) in [5, 5.41) is 13.5. The summed E-state index contributed by atoms with van der Waals surface area (Å²) in [6, 6.07) is 8.85. The number of imide groups is 1. The van der Waals surface area contributed by atoms with E-state index in [0.717, 1.165) is 30.8 Å². The number of nitrogens with zero attached hydrogens (tertiary/aromatic N) is 3. The van der Waals surface area contributed by atoms with Crippen LogP contribution in [0.5, 0.6) is 0 Å².